The molecule has 0 saturated carbocycles. The molecule has 2 fully saturated rings. The molecule has 152 valence electrons. The molecule has 2 heterocycles. The molecule has 1 atom stereocenters. The molecule has 9 nitrogen and oxygen atoms in total. The van der Waals surface area contributed by atoms with E-state index in [1.807, 2.05) is 21.6 Å². The highest BCUT2D eigenvalue weighted by molar-refractivity contribution is 7.99. The molecular formula is C18H24N4O5S. The largest absolute Gasteiger partial charge is 0.496 e. The molecule has 1 aromatic carbocycles. The predicted octanol–water partition coefficient (Wildman–Crippen LogP) is 1.58. The van der Waals surface area contributed by atoms with Gasteiger partial charge in [0.25, 0.3) is 5.69 Å². The minimum Gasteiger partial charge on any atom is -0.496 e. The van der Waals surface area contributed by atoms with Crippen molar-refractivity contribution in [3.8, 4) is 5.75 Å². The lowest BCUT2D eigenvalue weighted by Gasteiger charge is -2.32. The summed E-state index contributed by atoms with van der Waals surface area (Å²) in [5, 5.41) is 13.9. The van der Waals surface area contributed by atoms with Gasteiger partial charge in [0.05, 0.1) is 30.7 Å². The molecule has 0 bridgehead atoms. The standard InChI is InChI=1S/C18H24N4O5S/c1-27-13-4-5-14(16(11-13)22(25)26)19-17(23)12-21-6-2-3-15(21)18(24)20-7-9-28-10-8-20/h4-5,11,15H,2-3,6-10,12H2,1H3,(H,19,23). The van der Waals surface area contributed by atoms with E-state index in [1.54, 1.807) is 6.07 Å². The molecule has 2 aliphatic rings. The lowest BCUT2D eigenvalue weighted by molar-refractivity contribution is -0.384. The highest BCUT2D eigenvalue weighted by atomic mass is 32.2. The Hall–Kier alpha value is -2.33. The Labute approximate surface area is 167 Å². The maximum absolute atomic E-state index is 12.8. The molecule has 10 heteroatoms. The van der Waals surface area contributed by atoms with Crippen molar-refractivity contribution in [2.24, 2.45) is 0 Å². The number of hydrogen-bond acceptors (Lipinski definition) is 7. The van der Waals surface area contributed by atoms with Crippen molar-refractivity contribution in [1.82, 2.24) is 9.80 Å². The molecule has 1 unspecified atom stereocenters. The van der Waals surface area contributed by atoms with Crippen LogP contribution >= 0.6 is 11.8 Å². The molecule has 2 saturated heterocycles. The first-order valence-electron chi connectivity index (χ1n) is 9.22. The lowest BCUT2D eigenvalue weighted by atomic mass is 10.2. The van der Waals surface area contributed by atoms with Crippen molar-refractivity contribution < 1.29 is 19.2 Å². The van der Waals surface area contributed by atoms with Gasteiger partial charge >= 0.3 is 0 Å². The number of carbonyl (C=O) groups is 2. The fraction of sp³-hybridized carbons (Fsp3) is 0.556. The summed E-state index contributed by atoms with van der Waals surface area (Å²) in [6.45, 7) is 2.19. The number of nitro groups is 1. The van der Waals surface area contributed by atoms with E-state index in [0.717, 1.165) is 37.4 Å². The summed E-state index contributed by atoms with van der Waals surface area (Å²) in [6, 6.07) is 3.98. The van der Waals surface area contributed by atoms with Gasteiger partial charge < -0.3 is 15.0 Å². The Bertz CT molecular complexity index is 753. The maximum Gasteiger partial charge on any atom is 0.296 e. The minimum absolute atomic E-state index is 0.0299. The van der Waals surface area contributed by atoms with E-state index < -0.39 is 4.92 Å². The van der Waals surface area contributed by atoms with Crippen LogP contribution in [0.15, 0.2) is 18.2 Å². The SMILES string of the molecule is COc1ccc(NC(=O)CN2CCCC2C(=O)N2CCSCC2)c([N+](=O)[O-])c1. The lowest BCUT2D eigenvalue weighted by Crippen LogP contribution is -2.49. The number of nitrogens with zero attached hydrogens (tertiary/aromatic N) is 3. The van der Waals surface area contributed by atoms with Gasteiger partial charge in [-0.15, -0.1) is 0 Å². The van der Waals surface area contributed by atoms with Gasteiger partial charge in [-0.1, -0.05) is 0 Å². The van der Waals surface area contributed by atoms with Gasteiger partial charge in [-0.05, 0) is 31.5 Å². The van der Waals surface area contributed by atoms with Crippen LogP contribution in [0.2, 0.25) is 0 Å². The molecule has 0 radical (unpaired) electrons. The van der Waals surface area contributed by atoms with Gasteiger partial charge in [0.15, 0.2) is 0 Å². The molecule has 0 aromatic heterocycles. The Morgan fingerprint density at radius 3 is 2.75 bits per heavy atom. The van der Waals surface area contributed by atoms with E-state index >= 15 is 0 Å². The maximum atomic E-state index is 12.8. The van der Waals surface area contributed by atoms with Crippen LogP contribution in [-0.4, -0.2) is 77.4 Å². The van der Waals surface area contributed by atoms with Crippen LogP contribution in [-0.2, 0) is 9.59 Å². The van der Waals surface area contributed by atoms with Crippen molar-refractivity contribution in [1.29, 1.82) is 0 Å². The zero-order valence-corrected chi connectivity index (χ0v) is 16.6. The Balaban J connectivity index is 1.64. The third kappa shape index (κ3) is 4.74. The average Bonchev–Trinajstić information content (AvgIpc) is 3.16. The topological polar surface area (TPSA) is 105 Å². The van der Waals surface area contributed by atoms with Crippen molar-refractivity contribution in [2.45, 2.75) is 18.9 Å². The summed E-state index contributed by atoms with van der Waals surface area (Å²) in [7, 11) is 1.42. The number of benzene rings is 1. The second kappa shape index (κ2) is 9.24. The number of anilines is 1. The Morgan fingerprint density at radius 2 is 2.07 bits per heavy atom. The van der Waals surface area contributed by atoms with E-state index in [1.165, 1.54) is 19.2 Å². The van der Waals surface area contributed by atoms with E-state index in [-0.39, 0.29) is 35.8 Å². The third-order valence-electron chi connectivity index (χ3n) is 4.99. The third-order valence-corrected chi connectivity index (χ3v) is 5.94. The normalized spacial score (nSPS) is 20.0. The van der Waals surface area contributed by atoms with Gasteiger partial charge in [-0.2, -0.15) is 11.8 Å². The predicted molar refractivity (Wildman–Crippen MR) is 107 cm³/mol. The average molecular weight is 408 g/mol. The number of rotatable bonds is 6. The summed E-state index contributed by atoms with van der Waals surface area (Å²) < 4.78 is 5.00. The van der Waals surface area contributed by atoms with Gasteiger partial charge in [0, 0.05) is 24.6 Å². The van der Waals surface area contributed by atoms with Gasteiger partial charge in [-0.25, -0.2) is 0 Å². The fourth-order valence-electron chi connectivity index (χ4n) is 3.56. The molecule has 0 aliphatic carbocycles. The number of thioether (sulfide) groups is 1. The van der Waals surface area contributed by atoms with Gasteiger partial charge in [0.2, 0.25) is 11.8 Å². The molecule has 2 amide bonds. The zero-order chi connectivity index (χ0) is 20.1. The highest BCUT2D eigenvalue weighted by Crippen LogP contribution is 2.29. The summed E-state index contributed by atoms with van der Waals surface area (Å²) in [5.41, 5.74) is -0.113. The number of hydrogen-bond donors (Lipinski definition) is 1. The van der Waals surface area contributed by atoms with Crippen molar-refractivity contribution >= 4 is 35.0 Å². The number of amides is 2. The number of nitrogens with one attached hydrogen (secondary N) is 1. The van der Waals surface area contributed by atoms with E-state index in [9.17, 15) is 19.7 Å². The highest BCUT2D eigenvalue weighted by Gasteiger charge is 2.35. The number of carbonyl (C=O) groups excluding carboxylic acids is 2. The monoisotopic (exact) mass is 408 g/mol. The first kappa shape index (κ1) is 20.4. The van der Waals surface area contributed by atoms with Crippen molar-refractivity contribution in [2.75, 3.05) is 50.1 Å². The fourth-order valence-corrected chi connectivity index (χ4v) is 4.46. The van der Waals surface area contributed by atoms with Crippen molar-refractivity contribution in [3.63, 3.8) is 0 Å². The van der Waals surface area contributed by atoms with E-state index in [4.69, 9.17) is 4.74 Å². The first-order valence-corrected chi connectivity index (χ1v) is 10.4. The second-order valence-electron chi connectivity index (χ2n) is 6.75. The molecule has 1 aromatic rings. The van der Waals surface area contributed by atoms with Crippen LogP contribution in [0.25, 0.3) is 0 Å². The zero-order valence-electron chi connectivity index (χ0n) is 15.8. The molecule has 1 N–H and O–H groups in total. The van der Waals surface area contributed by atoms with Crippen LogP contribution in [0.3, 0.4) is 0 Å². The van der Waals surface area contributed by atoms with Crippen molar-refractivity contribution in [3.05, 3.63) is 28.3 Å². The van der Waals surface area contributed by atoms with Crippen LogP contribution in [0, 0.1) is 10.1 Å². The number of likely N-dealkylation sites (tertiary alicyclic amines) is 1. The van der Waals surface area contributed by atoms with Crippen LogP contribution < -0.4 is 10.1 Å². The second-order valence-corrected chi connectivity index (χ2v) is 7.98. The van der Waals surface area contributed by atoms with Gasteiger partial charge in [0.1, 0.15) is 11.4 Å². The summed E-state index contributed by atoms with van der Waals surface area (Å²) >= 11 is 1.84. The molecule has 2 aliphatic heterocycles. The molecule has 28 heavy (non-hydrogen) atoms. The Morgan fingerprint density at radius 1 is 1.32 bits per heavy atom. The molecule has 3 rings (SSSR count). The number of nitro benzene ring substituents is 1. The van der Waals surface area contributed by atoms with E-state index in [2.05, 4.69) is 5.32 Å². The minimum atomic E-state index is -0.561. The van der Waals surface area contributed by atoms with Crippen LogP contribution in [0.1, 0.15) is 12.8 Å². The molecular weight excluding hydrogens is 384 g/mol. The summed E-state index contributed by atoms with van der Waals surface area (Å²) in [4.78, 5) is 39.8. The van der Waals surface area contributed by atoms with E-state index in [0.29, 0.717) is 12.3 Å². The summed E-state index contributed by atoms with van der Waals surface area (Å²) in [6.07, 6.45) is 1.59. The van der Waals surface area contributed by atoms with Gasteiger partial charge in [-0.3, -0.25) is 24.6 Å². The van der Waals surface area contributed by atoms with Crippen LogP contribution in [0.4, 0.5) is 11.4 Å². The van der Waals surface area contributed by atoms with Crippen LogP contribution in [0.5, 0.6) is 5.75 Å². The first-order chi connectivity index (χ1) is 13.5. The Kier molecular flexibility index (Phi) is 6.74. The smallest absolute Gasteiger partial charge is 0.296 e. The number of methoxy groups -OCH3 is 1. The molecule has 0 spiro atoms. The quantitative estimate of drug-likeness (QED) is 0.563. The number of ether oxygens (including phenoxy) is 1. The summed E-state index contributed by atoms with van der Waals surface area (Å²) in [5.74, 6) is 1.94.